The highest BCUT2D eigenvalue weighted by atomic mass is 16.7. The Hall–Kier alpha value is -3.80. The lowest BCUT2D eigenvalue weighted by Gasteiger charge is -2.06. The van der Waals surface area contributed by atoms with Gasteiger partial charge in [-0.3, -0.25) is 4.79 Å². The first-order valence-corrected chi connectivity index (χ1v) is 8.78. The number of carbonyl (C=O) groups excluding carboxylic acids is 1. The lowest BCUT2D eigenvalue weighted by Crippen LogP contribution is -2.24. The highest BCUT2D eigenvalue weighted by Gasteiger charge is 2.12. The molecule has 0 unspecified atom stereocenters. The van der Waals surface area contributed by atoms with E-state index in [1.807, 2.05) is 60.7 Å². The summed E-state index contributed by atoms with van der Waals surface area (Å²) in [5.74, 6) is 1.64. The lowest BCUT2D eigenvalue weighted by molar-refractivity contribution is -0.123. The van der Waals surface area contributed by atoms with Crippen LogP contribution >= 0.6 is 0 Å². The average Bonchev–Trinajstić information content (AvgIpc) is 3.21. The number of fused-ring (bicyclic) bond motifs is 1. The van der Waals surface area contributed by atoms with Gasteiger partial charge in [-0.15, -0.1) is 0 Å². The van der Waals surface area contributed by atoms with Crippen molar-refractivity contribution < 1.29 is 19.0 Å². The summed E-state index contributed by atoms with van der Waals surface area (Å²) >= 11 is 0. The second-order valence-corrected chi connectivity index (χ2v) is 6.08. The monoisotopic (exact) mass is 374 g/mol. The number of carbonyl (C=O) groups is 1. The van der Waals surface area contributed by atoms with Crippen molar-refractivity contribution in [2.45, 2.75) is 0 Å². The van der Waals surface area contributed by atoms with Gasteiger partial charge in [-0.05, 0) is 47.0 Å². The van der Waals surface area contributed by atoms with Gasteiger partial charge in [-0.1, -0.05) is 42.5 Å². The molecule has 28 heavy (non-hydrogen) atoms. The van der Waals surface area contributed by atoms with Gasteiger partial charge in [0.15, 0.2) is 18.1 Å². The van der Waals surface area contributed by atoms with Crippen LogP contribution in [-0.2, 0) is 4.79 Å². The molecule has 1 aliphatic rings. The van der Waals surface area contributed by atoms with Crippen LogP contribution in [0, 0.1) is 0 Å². The third-order valence-corrected chi connectivity index (χ3v) is 4.13. The van der Waals surface area contributed by atoms with Crippen LogP contribution in [0.3, 0.4) is 0 Å². The highest BCUT2D eigenvalue weighted by molar-refractivity contribution is 5.83. The van der Waals surface area contributed by atoms with Crippen molar-refractivity contribution >= 4 is 12.1 Å². The van der Waals surface area contributed by atoms with E-state index < -0.39 is 0 Å². The van der Waals surface area contributed by atoms with Crippen molar-refractivity contribution in [1.29, 1.82) is 0 Å². The van der Waals surface area contributed by atoms with Crippen molar-refractivity contribution in [2.24, 2.45) is 5.10 Å². The number of nitrogens with zero attached hydrogens (tertiary/aromatic N) is 1. The Kier molecular flexibility index (Phi) is 5.20. The lowest BCUT2D eigenvalue weighted by atomic mass is 10.1. The molecule has 0 saturated heterocycles. The number of ether oxygens (including phenoxy) is 3. The van der Waals surface area contributed by atoms with Crippen LogP contribution in [0.1, 0.15) is 5.56 Å². The number of amides is 1. The minimum Gasteiger partial charge on any atom is -0.484 e. The molecule has 1 amide bonds. The van der Waals surface area contributed by atoms with E-state index in [1.165, 1.54) is 6.21 Å². The predicted octanol–water partition coefficient (Wildman–Crippen LogP) is 3.61. The highest BCUT2D eigenvalue weighted by Crippen LogP contribution is 2.31. The molecule has 0 radical (unpaired) electrons. The molecule has 0 atom stereocenters. The van der Waals surface area contributed by atoms with Crippen molar-refractivity contribution in [3.05, 3.63) is 78.4 Å². The zero-order valence-electron chi connectivity index (χ0n) is 15.0. The molecular formula is C22H18N2O4. The quantitative estimate of drug-likeness (QED) is 0.529. The van der Waals surface area contributed by atoms with E-state index in [0.717, 1.165) is 16.7 Å². The van der Waals surface area contributed by atoms with Crippen molar-refractivity contribution in [2.75, 3.05) is 13.4 Å². The zero-order valence-corrected chi connectivity index (χ0v) is 15.0. The average molecular weight is 374 g/mol. The molecule has 1 aliphatic heterocycles. The molecule has 6 heteroatoms. The largest absolute Gasteiger partial charge is 0.484 e. The molecule has 6 nitrogen and oxygen atoms in total. The third kappa shape index (κ3) is 4.29. The van der Waals surface area contributed by atoms with E-state index in [-0.39, 0.29) is 19.3 Å². The fourth-order valence-electron chi connectivity index (χ4n) is 2.73. The normalized spacial score (nSPS) is 12.1. The minimum atomic E-state index is -0.343. The Balaban J connectivity index is 1.26. The fourth-order valence-corrected chi connectivity index (χ4v) is 2.73. The van der Waals surface area contributed by atoms with Crippen LogP contribution in [-0.4, -0.2) is 25.5 Å². The van der Waals surface area contributed by atoms with E-state index in [9.17, 15) is 4.79 Å². The van der Waals surface area contributed by atoms with Gasteiger partial charge in [0.05, 0.1) is 6.21 Å². The van der Waals surface area contributed by atoms with E-state index >= 15 is 0 Å². The van der Waals surface area contributed by atoms with Gasteiger partial charge in [0.2, 0.25) is 6.79 Å². The van der Waals surface area contributed by atoms with Gasteiger partial charge in [0.1, 0.15) is 5.75 Å². The minimum absolute atomic E-state index is 0.122. The molecule has 0 bridgehead atoms. The Morgan fingerprint density at radius 2 is 1.71 bits per heavy atom. The maximum atomic E-state index is 11.9. The van der Waals surface area contributed by atoms with Gasteiger partial charge in [0.25, 0.3) is 5.91 Å². The van der Waals surface area contributed by atoms with Gasteiger partial charge in [-0.25, -0.2) is 5.43 Å². The van der Waals surface area contributed by atoms with E-state index in [4.69, 9.17) is 14.2 Å². The summed E-state index contributed by atoms with van der Waals surface area (Å²) in [5.41, 5.74) is 5.45. The standard InChI is InChI=1S/C22H18N2O4/c25-22(24-23-13-16-6-11-20-21(12-16)28-15-27-20)14-26-19-9-7-18(8-10-19)17-4-2-1-3-5-17/h1-13H,14-15H2,(H,24,25)/b23-13-. The Bertz CT molecular complexity index is 985. The van der Waals surface area contributed by atoms with Gasteiger partial charge < -0.3 is 14.2 Å². The summed E-state index contributed by atoms with van der Waals surface area (Å²) in [4.78, 5) is 11.9. The van der Waals surface area contributed by atoms with Crippen molar-refractivity contribution in [3.8, 4) is 28.4 Å². The fraction of sp³-hybridized carbons (Fsp3) is 0.0909. The molecule has 4 rings (SSSR count). The van der Waals surface area contributed by atoms with E-state index in [0.29, 0.717) is 17.2 Å². The zero-order chi connectivity index (χ0) is 19.2. The van der Waals surface area contributed by atoms with E-state index in [2.05, 4.69) is 10.5 Å². The molecule has 0 fully saturated rings. The van der Waals surface area contributed by atoms with Crippen LogP contribution in [0.2, 0.25) is 0 Å². The van der Waals surface area contributed by atoms with Crippen molar-refractivity contribution in [3.63, 3.8) is 0 Å². The number of hydrazone groups is 1. The summed E-state index contributed by atoms with van der Waals surface area (Å²) in [6.07, 6.45) is 1.54. The number of rotatable bonds is 6. The Morgan fingerprint density at radius 3 is 2.54 bits per heavy atom. The van der Waals surface area contributed by atoms with Crippen molar-refractivity contribution in [1.82, 2.24) is 5.43 Å². The van der Waals surface area contributed by atoms with Crippen LogP contribution < -0.4 is 19.6 Å². The number of nitrogens with one attached hydrogen (secondary N) is 1. The molecule has 1 N–H and O–H groups in total. The molecule has 0 aliphatic carbocycles. The number of benzene rings is 3. The number of hydrogen-bond donors (Lipinski definition) is 1. The summed E-state index contributed by atoms with van der Waals surface area (Å²) in [7, 11) is 0. The molecule has 3 aromatic carbocycles. The number of hydrogen-bond acceptors (Lipinski definition) is 5. The van der Waals surface area contributed by atoms with E-state index in [1.54, 1.807) is 12.1 Å². The van der Waals surface area contributed by atoms with Gasteiger partial charge >= 0.3 is 0 Å². The summed E-state index contributed by atoms with van der Waals surface area (Å²) < 4.78 is 16.0. The second kappa shape index (κ2) is 8.26. The van der Waals surface area contributed by atoms with Crippen LogP contribution in [0.15, 0.2) is 77.9 Å². The molecule has 0 spiro atoms. The molecule has 3 aromatic rings. The van der Waals surface area contributed by atoms with Crippen LogP contribution in [0.5, 0.6) is 17.2 Å². The third-order valence-electron chi connectivity index (χ3n) is 4.13. The summed E-state index contributed by atoms with van der Waals surface area (Å²) in [5, 5.41) is 3.93. The summed E-state index contributed by atoms with van der Waals surface area (Å²) in [6.45, 7) is 0.0967. The maximum absolute atomic E-state index is 11.9. The molecule has 0 saturated carbocycles. The first kappa shape index (κ1) is 17.6. The topological polar surface area (TPSA) is 69.2 Å². The Labute approximate surface area is 162 Å². The smallest absolute Gasteiger partial charge is 0.277 e. The molecule has 140 valence electrons. The van der Waals surface area contributed by atoms with Crippen LogP contribution in [0.25, 0.3) is 11.1 Å². The first-order chi connectivity index (χ1) is 13.8. The molecule has 0 aromatic heterocycles. The van der Waals surface area contributed by atoms with Gasteiger partial charge in [-0.2, -0.15) is 5.10 Å². The summed E-state index contributed by atoms with van der Waals surface area (Å²) in [6, 6.07) is 23.1. The first-order valence-electron chi connectivity index (χ1n) is 8.78. The van der Waals surface area contributed by atoms with Gasteiger partial charge in [0, 0.05) is 0 Å². The Morgan fingerprint density at radius 1 is 0.964 bits per heavy atom. The second-order valence-electron chi connectivity index (χ2n) is 6.08. The van der Waals surface area contributed by atoms with Crippen LogP contribution in [0.4, 0.5) is 0 Å². The predicted molar refractivity (Wildman–Crippen MR) is 106 cm³/mol. The maximum Gasteiger partial charge on any atom is 0.277 e. The molecule has 1 heterocycles. The SMILES string of the molecule is O=C(COc1ccc(-c2ccccc2)cc1)N/N=C\c1ccc2c(c1)OCO2. The molecular weight excluding hydrogens is 356 g/mol.